The van der Waals surface area contributed by atoms with Gasteiger partial charge in [-0.15, -0.1) is 0 Å². The first-order valence-corrected chi connectivity index (χ1v) is 9.14. The molecular weight excluding hydrogens is 422 g/mol. The zero-order chi connectivity index (χ0) is 19.9. The lowest BCUT2D eigenvalue weighted by Crippen LogP contribution is -2.17. The number of amides is 1. The van der Waals surface area contributed by atoms with Crippen molar-refractivity contribution >= 4 is 34.0 Å². The Hall–Kier alpha value is -3.32. The largest absolute Gasteiger partial charge is 0.423 e. The monoisotopic (exact) mass is 437 g/mol. The van der Waals surface area contributed by atoms with E-state index in [1.54, 1.807) is 54.6 Å². The minimum absolute atomic E-state index is 0.360. The maximum absolute atomic E-state index is 12.2. The van der Waals surface area contributed by atoms with E-state index in [9.17, 15) is 9.59 Å². The van der Waals surface area contributed by atoms with Crippen LogP contribution >= 0.6 is 15.9 Å². The van der Waals surface area contributed by atoms with Crippen LogP contribution in [-0.2, 0) is 0 Å². The molecule has 6 nitrogen and oxygen atoms in total. The van der Waals surface area contributed by atoms with Crippen molar-refractivity contribution in [2.75, 3.05) is 0 Å². The number of esters is 1. The Labute approximate surface area is 170 Å². The van der Waals surface area contributed by atoms with Gasteiger partial charge in [-0.05, 0) is 55.0 Å². The molecule has 0 spiro atoms. The van der Waals surface area contributed by atoms with Crippen LogP contribution in [-0.4, -0.2) is 23.1 Å². The summed E-state index contributed by atoms with van der Waals surface area (Å²) in [6.07, 6.45) is 2.96. The smallest absolute Gasteiger partial charge is 0.343 e. The summed E-state index contributed by atoms with van der Waals surface area (Å²) in [4.78, 5) is 28.3. The number of nitrogens with one attached hydrogen (secondary N) is 1. The van der Waals surface area contributed by atoms with Gasteiger partial charge in [-0.25, -0.2) is 10.2 Å². The van der Waals surface area contributed by atoms with E-state index < -0.39 is 5.97 Å². The Balaban J connectivity index is 1.62. The molecule has 7 heteroatoms. The molecule has 1 amide bonds. The van der Waals surface area contributed by atoms with E-state index in [-0.39, 0.29) is 5.91 Å². The normalized spacial score (nSPS) is 10.6. The summed E-state index contributed by atoms with van der Waals surface area (Å²) < 4.78 is 6.18. The average molecular weight is 438 g/mol. The number of rotatable bonds is 5. The molecular formula is C21H16BrN3O3. The molecule has 1 heterocycles. The van der Waals surface area contributed by atoms with Gasteiger partial charge in [0.15, 0.2) is 0 Å². The van der Waals surface area contributed by atoms with E-state index in [4.69, 9.17) is 4.74 Å². The Kier molecular flexibility index (Phi) is 6.29. The van der Waals surface area contributed by atoms with Crippen molar-refractivity contribution in [3.05, 3.63) is 93.7 Å². The van der Waals surface area contributed by atoms with Gasteiger partial charge in [0.05, 0.1) is 17.3 Å². The van der Waals surface area contributed by atoms with Crippen molar-refractivity contribution in [3.8, 4) is 5.75 Å². The second kappa shape index (κ2) is 9.05. The molecule has 2 aromatic carbocycles. The molecule has 0 aliphatic carbocycles. The zero-order valence-corrected chi connectivity index (χ0v) is 16.5. The number of nitrogens with zero attached hydrogens (tertiary/aromatic N) is 2. The van der Waals surface area contributed by atoms with Gasteiger partial charge >= 0.3 is 5.97 Å². The van der Waals surface area contributed by atoms with Crippen LogP contribution < -0.4 is 10.2 Å². The number of hydrogen-bond donors (Lipinski definition) is 1. The summed E-state index contributed by atoms with van der Waals surface area (Å²) in [5, 5.41) is 3.93. The molecule has 140 valence electrons. The molecule has 28 heavy (non-hydrogen) atoms. The lowest BCUT2D eigenvalue weighted by molar-refractivity contribution is 0.0734. The van der Waals surface area contributed by atoms with Gasteiger partial charge < -0.3 is 4.74 Å². The molecule has 3 rings (SSSR count). The fraction of sp³-hybridized carbons (Fsp3) is 0.0476. The fourth-order valence-electron chi connectivity index (χ4n) is 2.27. The Morgan fingerprint density at radius 2 is 1.89 bits per heavy atom. The molecule has 0 atom stereocenters. The lowest BCUT2D eigenvalue weighted by Gasteiger charge is -2.05. The van der Waals surface area contributed by atoms with Crippen LogP contribution in [0.4, 0.5) is 0 Å². The van der Waals surface area contributed by atoms with Gasteiger partial charge in [-0.3, -0.25) is 9.78 Å². The number of aryl methyl sites for hydroxylation is 1. The van der Waals surface area contributed by atoms with Crippen molar-refractivity contribution in [1.29, 1.82) is 0 Å². The first-order chi connectivity index (χ1) is 13.5. The highest BCUT2D eigenvalue weighted by atomic mass is 79.9. The van der Waals surface area contributed by atoms with E-state index in [1.807, 2.05) is 13.0 Å². The predicted molar refractivity (Wildman–Crippen MR) is 110 cm³/mol. The van der Waals surface area contributed by atoms with Gasteiger partial charge in [0.1, 0.15) is 5.75 Å². The first kappa shape index (κ1) is 19.4. The van der Waals surface area contributed by atoms with Gasteiger partial charge in [0.2, 0.25) is 0 Å². The second-order valence-corrected chi connectivity index (χ2v) is 6.78. The van der Waals surface area contributed by atoms with Crippen LogP contribution in [0.15, 0.2) is 76.4 Å². The van der Waals surface area contributed by atoms with E-state index in [0.29, 0.717) is 22.4 Å². The molecule has 0 aliphatic rings. The highest BCUT2D eigenvalue weighted by Gasteiger charge is 2.09. The third-order valence-corrected chi connectivity index (χ3v) is 4.18. The van der Waals surface area contributed by atoms with Crippen LogP contribution in [0.2, 0.25) is 0 Å². The SMILES string of the molecule is Cc1ccc(C(=O)N/N=C/c2cccc(OC(=O)c3cccc(Br)c3)c2)cn1. The Bertz CT molecular complexity index is 1030. The Morgan fingerprint density at radius 3 is 2.64 bits per heavy atom. The predicted octanol–water partition coefficient (Wildman–Crippen LogP) is 4.14. The van der Waals surface area contributed by atoms with Crippen molar-refractivity contribution in [2.45, 2.75) is 6.92 Å². The lowest BCUT2D eigenvalue weighted by atomic mass is 10.2. The molecule has 0 radical (unpaired) electrons. The van der Waals surface area contributed by atoms with E-state index in [0.717, 1.165) is 10.2 Å². The van der Waals surface area contributed by atoms with Crippen molar-refractivity contribution < 1.29 is 14.3 Å². The Morgan fingerprint density at radius 1 is 1.07 bits per heavy atom. The third kappa shape index (κ3) is 5.34. The number of carbonyl (C=O) groups excluding carboxylic acids is 2. The van der Waals surface area contributed by atoms with Crippen molar-refractivity contribution in [2.24, 2.45) is 5.10 Å². The molecule has 0 fully saturated rings. The van der Waals surface area contributed by atoms with Gasteiger partial charge in [0.25, 0.3) is 5.91 Å². The van der Waals surface area contributed by atoms with Gasteiger partial charge in [-0.1, -0.05) is 34.1 Å². The maximum atomic E-state index is 12.2. The standard InChI is InChI=1S/C21H16BrN3O3/c1-14-8-9-17(13-23-14)20(26)25-24-12-15-4-2-7-19(10-15)28-21(27)16-5-3-6-18(22)11-16/h2-13H,1H3,(H,25,26)/b24-12+. The fourth-order valence-corrected chi connectivity index (χ4v) is 2.67. The number of benzene rings is 2. The summed E-state index contributed by atoms with van der Waals surface area (Å²) in [6, 6.07) is 17.2. The van der Waals surface area contributed by atoms with Crippen LogP contribution in [0.1, 0.15) is 32.0 Å². The highest BCUT2D eigenvalue weighted by molar-refractivity contribution is 9.10. The molecule has 0 bridgehead atoms. The van der Waals surface area contributed by atoms with E-state index >= 15 is 0 Å². The van der Waals surface area contributed by atoms with E-state index in [2.05, 4.69) is 31.4 Å². The molecule has 1 aromatic heterocycles. The summed E-state index contributed by atoms with van der Waals surface area (Å²) in [5.41, 5.74) is 4.79. The summed E-state index contributed by atoms with van der Waals surface area (Å²) in [7, 11) is 0. The van der Waals surface area contributed by atoms with Crippen LogP contribution in [0, 0.1) is 6.92 Å². The first-order valence-electron chi connectivity index (χ1n) is 8.35. The maximum Gasteiger partial charge on any atom is 0.343 e. The van der Waals surface area contributed by atoms with E-state index in [1.165, 1.54) is 12.4 Å². The summed E-state index contributed by atoms with van der Waals surface area (Å²) in [6.45, 7) is 1.84. The highest BCUT2D eigenvalue weighted by Crippen LogP contribution is 2.17. The summed E-state index contributed by atoms with van der Waals surface area (Å²) >= 11 is 3.32. The molecule has 0 saturated heterocycles. The molecule has 1 N–H and O–H groups in total. The number of ether oxygens (including phenoxy) is 1. The minimum Gasteiger partial charge on any atom is -0.423 e. The van der Waals surface area contributed by atoms with Gasteiger partial charge in [-0.2, -0.15) is 5.10 Å². The minimum atomic E-state index is -0.462. The number of pyridine rings is 1. The molecule has 0 saturated carbocycles. The number of aromatic nitrogens is 1. The average Bonchev–Trinajstić information content (AvgIpc) is 2.69. The van der Waals surface area contributed by atoms with Crippen LogP contribution in [0.5, 0.6) is 5.75 Å². The number of hydrogen-bond acceptors (Lipinski definition) is 5. The van der Waals surface area contributed by atoms with Crippen LogP contribution in [0.25, 0.3) is 0 Å². The molecule has 0 aliphatic heterocycles. The number of halogens is 1. The quantitative estimate of drug-likeness (QED) is 0.281. The summed E-state index contributed by atoms with van der Waals surface area (Å²) in [5.74, 6) is -0.445. The van der Waals surface area contributed by atoms with Crippen LogP contribution in [0.3, 0.4) is 0 Å². The zero-order valence-electron chi connectivity index (χ0n) is 14.9. The topological polar surface area (TPSA) is 80.6 Å². The number of hydrazone groups is 1. The second-order valence-electron chi connectivity index (χ2n) is 5.86. The van der Waals surface area contributed by atoms with Crippen molar-refractivity contribution in [1.82, 2.24) is 10.4 Å². The molecule has 3 aromatic rings. The van der Waals surface area contributed by atoms with Gasteiger partial charge in [0, 0.05) is 16.4 Å². The number of carbonyl (C=O) groups is 2. The third-order valence-electron chi connectivity index (χ3n) is 3.68. The molecule has 0 unspecified atom stereocenters. The van der Waals surface area contributed by atoms with Crippen molar-refractivity contribution in [3.63, 3.8) is 0 Å².